The van der Waals surface area contributed by atoms with Crippen LogP contribution in [0.2, 0.25) is 0 Å². The molecule has 1 aliphatic heterocycles. The Kier molecular flexibility index (Phi) is 4.75. The zero-order valence-electron chi connectivity index (χ0n) is 16.1. The van der Waals surface area contributed by atoms with Crippen molar-refractivity contribution >= 4 is 23.1 Å². The second kappa shape index (κ2) is 7.23. The van der Waals surface area contributed by atoms with Gasteiger partial charge in [-0.2, -0.15) is 0 Å². The van der Waals surface area contributed by atoms with Crippen LogP contribution < -0.4 is 0 Å². The van der Waals surface area contributed by atoms with Crippen LogP contribution in [-0.2, 0) is 0 Å². The standard InChI is InChI=1S/C23H23FN2O2/c1-14-9-15(2)19-12-22(25-21(19)10-14)23(28)26-7-5-16(6-8-26)20-11-18(24)4-3-17(20)13-27/h3-4,9-13,16,25H,5-8H2,1-2H3. The van der Waals surface area contributed by atoms with Crippen molar-refractivity contribution in [2.24, 2.45) is 0 Å². The lowest BCUT2D eigenvalue weighted by molar-refractivity contribution is 0.0707. The third kappa shape index (κ3) is 3.33. The van der Waals surface area contributed by atoms with E-state index < -0.39 is 0 Å². The smallest absolute Gasteiger partial charge is 0.270 e. The lowest BCUT2D eigenvalue weighted by atomic mass is 9.86. The monoisotopic (exact) mass is 378 g/mol. The van der Waals surface area contributed by atoms with Crippen LogP contribution in [0.4, 0.5) is 4.39 Å². The minimum atomic E-state index is -0.331. The number of nitrogens with zero attached hydrogens (tertiary/aromatic N) is 1. The van der Waals surface area contributed by atoms with Crippen LogP contribution >= 0.6 is 0 Å². The molecule has 0 atom stereocenters. The average molecular weight is 378 g/mol. The minimum absolute atomic E-state index is 0.0124. The number of carbonyl (C=O) groups excluding carboxylic acids is 2. The summed E-state index contributed by atoms with van der Waals surface area (Å²) in [4.78, 5) is 29.3. The van der Waals surface area contributed by atoms with Crippen LogP contribution in [0.15, 0.2) is 36.4 Å². The van der Waals surface area contributed by atoms with E-state index in [9.17, 15) is 14.0 Å². The molecule has 28 heavy (non-hydrogen) atoms. The summed E-state index contributed by atoms with van der Waals surface area (Å²) in [6, 6.07) is 10.4. The molecule has 2 heterocycles. The molecule has 144 valence electrons. The number of fused-ring (bicyclic) bond motifs is 1. The maximum atomic E-state index is 13.6. The Morgan fingerprint density at radius 2 is 1.89 bits per heavy atom. The van der Waals surface area contributed by atoms with Crippen LogP contribution in [-0.4, -0.2) is 35.2 Å². The van der Waals surface area contributed by atoms with Crippen LogP contribution in [0, 0.1) is 19.7 Å². The highest BCUT2D eigenvalue weighted by Crippen LogP contribution is 2.31. The average Bonchev–Trinajstić information content (AvgIpc) is 3.12. The molecule has 1 aliphatic rings. The summed E-state index contributed by atoms with van der Waals surface area (Å²) < 4.78 is 13.6. The molecule has 0 saturated carbocycles. The number of hydrogen-bond donors (Lipinski definition) is 1. The van der Waals surface area contributed by atoms with Gasteiger partial charge >= 0.3 is 0 Å². The van der Waals surface area contributed by atoms with E-state index in [0.29, 0.717) is 37.2 Å². The van der Waals surface area contributed by atoms with Gasteiger partial charge in [-0.25, -0.2) is 4.39 Å². The summed E-state index contributed by atoms with van der Waals surface area (Å²) >= 11 is 0. The van der Waals surface area contributed by atoms with Crippen LogP contribution in [0.5, 0.6) is 0 Å². The predicted molar refractivity (Wildman–Crippen MR) is 107 cm³/mol. The molecular formula is C23H23FN2O2. The summed E-state index contributed by atoms with van der Waals surface area (Å²) in [6.45, 7) is 5.27. The van der Waals surface area contributed by atoms with E-state index in [4.69, 9.17) is 0 Å². The summed E-state index contributed by atoms with van der Waals surface area (Å²) in [5.74, 6) is -0.253. The van der Waals surface area contributed by atoms with Gasteiger partial charge in [-0.3, -0.25) is 9.59 Å². The van der Waals surface area contributed by atoms with E-state index >= 15 is 0 Å². The Morgan fingerprint density at radius 3 is 2.61 bits per heavy atom. The number of aldehydes is 1. The Morgan fingerprint density at radius 1 is 1.14 bits per heavy atom. The number of halogens is 1. The quantitative estimate of drug-likeness (QED) is 0.668. The zero-order chi connectivity index (χ0) is 19.8. The Balaban J connectivity index is 1.51. The van der Waals surface area contributed by atoms with Crippen molar-refractivity contribution in [3.05, 3.63) is 70.2 Å². The van der Waals surface area contributed by atoms with E-state index in [0.717, 1.165) is 33.9 Å². The fourth-order valence-electron chi connectivity index (χ4n) is 4.28. The SMILES string of the molecule is Cc1cc(C)c2cc(C(=O)N3CCC(c4cc(F)ccc4C=O)CC3)[nH]c2c1. The number of aryl methyl sites for hydroxylation is 2. The fourth-order valence-corrected chi connectivity index (χ4v) is 4.28. The third-order valence-corrected chi connectivity index (χ3v) is 5.72. The molecule has 4 rings (SSSR count). The van der Waals surface area contributed by atoms with Gasteiger partial charge in [0.15, 0.2) is 0 Å². The summed E-state index contributed by atoms with van der Waals surface area (Å²) in [7, 11) is 0. The van der Waals surface area contributed by atoms with Crippen molar-refractivity contribution in [1.82, 2.24) is 9.88 Å². The molecule has 5 heteroatoms. The molecule has 0 spiro atoms. The van der Waals surface area contributed by atoms with Gasteiger partial charge in [0.05, 0.1) is 0 Å². The minimum Gasteiger partial charge on any atom is -0.351 e. The Hall–Kier alpha value is -2.95. The Bertz CT molecular complexity index is 1060. The number of H-pyrrole nitrogens is 1. The van der Waals surface area contributed by atoms with Gasteiger partial charge in [0.2, 0.25) is 0 Å². The van der Waals surface area contributed by atoms with Gasteiger partial charge in [-0.05, 0) is 79.6 Å². The lowest BCUT2D eigenvalue weighted by Gasteiger charge is -2.32. The van der Waals surface area contributed by atoms with Gasteiger partial charge in [0.1, 0.15) is 17.8 Å². The molecular weight excluding hydrogens is 355 g/mol. The van der Waals surface area contributed by atoms with Crippen molar-refractivity contribution in [1.29, 1.82) is 0 Å². The zero-order valence-corrected chi connectivity index (χ0v) is 16.1. The van der Waals surface area contributed by atoms with Crippen molar-refractivity contribution in [3.8, 4) is 0 Å². The molecule has 1 saturated heterocycles. The highest BCUT2D eigenvalue weighted by Gasteiger charge is 2.27. The van der Waals surface area contributed by atoms with Gasteiger partial charge in [-0.1, -0.05) is 6.07 Å². The third-order valence-electron chi connectivity index (χ3n) is 5.72. The van der Waals surface area contributed by atoms with Gasteiger partial charge in [0.25, 0.3) is 5.91 Å². The molecule has 0 radical (unpaired) electrons. The number of likely N-dealkylation sites (tertiary alicyclic amines) is 1. The van der Waals surface area contributed by atoms with Crippen molar-refractivity contribution in [2.45, 2.75) is 32.6 Å². The number of carbonyl (C=O) groups is 2. The largest absolute Gasteiger partial charge is 0.351 e. The first-order valence-corrected chi connectivity index (χ1v) is 9.60. The molecule has 1 N–H and O–H groups in total. The molecule has 2 aromatic carbocycles. The van der Waals surface area contributed by atoms with E-state index in [-0.39, 0.29) is 17.6 Å². The van der Waals surface area contributed by atoms with Crippen LogP contribution in [0.25, 0.3) is 10.9 Å². The number of piperidine rings is 1. The number of hydrogen-bond acceptors (Lipinski definition) is 2. The fraction of sp³-hybridized carbons (Fsp3) is 0.304. The first kappa shape index (κ1) is 18.4. The molecule has 4 nitrogen and oxygen atoms in total. The van der Waals surface area contributed by atoms with Gasteiger partial charge < -0.3 is 9.88 Å². The summed E-state index contributed by atoms with van der Waals surface area (Å²) in [6.07, 6.45) is 2.21. The van der Waals surface area contributed by atoms with E-state index in [2.05, 4.69) is 17.1 Å². The lowest BCUT2D eigenvalue weighted by Crippen LogP contribution is -2.38. The maximum absolute atomic E-state index is 13.6. The summed E-state index contributed by atoms with van der Waals surface area (Å²) in [5, 5.41) is 1.07. The Labute approximate surface area is 163 Å². The second-order valence-electron chi connectivity index (χ2n) is 7.68. The number of benzene rings is 2. The second-order valence-corrected chi connectivity index (χ2v) is 7.68. The molecule has 1 amide bonds. The summed E-state index contributed by atoms with van der Waals surface area (Å²) in [5.41, 5.74) is 5.17. The van der Waals surface area contributed by atoms with Crippen molar-refractivity contribution in [2.75, 3.05) is 13.1 Å². The first-order chi connectivity index (χ1) is 13.5. The van der Waals surface area contributed by atoms with Crippen molar-refractivity contribution in [3.63, 3.8) is 0 Å². The van der Waals surface area contributed by atoms with E-state index in [1.165, 1.54) is 18.2 Å². The maximum Gasteiger partial charge on any atom is 0.270 e. The number of amides is 1. The number of aromatic nitrogens is 1. The molecule has 3 aromatic rings. The van der Waals surface area contributed by atoms with E-state index in [1.54, 1.807) is 0 Å². The van der Waals surface area contributed by atoms with Gasteiger partial charge in [0, 0.05) is 29.6 Å². The topological polar surface area (TPSA) is 53.2 Å². The predicted octanol–water partition coefficient (Wildman–Crippen LogP) is 4.76. The van der Waals surface area contributed by atoms with Gasteiger partial charge in [-0.15, -0.1) is 0 Å². The van der Waals surface area contributed by atoms with E-state index in [1.807, 2.05) is 24.8 Å². The highest BCUT2D eigenvalue weighted by atomic mass is 19.1. The number of rotatable bonds is 3. The van der Waals surface area contributed by atoms with Crippen LogP contribution in [0.1, 0.15) is 56.3 Å². The molecule has 1 aromatic heterocycles. The molecule has 1 fully saturated rings. The molecule has 0 unspecified atom stereocenters. The first-order valence-electron chi connectivity index (χ1n) is 9.60. The van der Waals surface area contributed by atoms with Crippen LogP contribution in [0.3, 0.4) is 0 Å². The molecule has 0 aliphatic carbocycles. The highest BCUT2D eigenvalue weighted by molar-refractivity contribution is 5.99. The van der Waals surface area contributed by atoms with Crippen molar-refractivity contribution < 1.29 is 14.0 Å². The number of aromatic amines is 1. The normalized spacial score (nSPS) is 15.2. The molecule has 0 bridgehead atoms. The number of nitrogens with one attached hydrogen (secondary N) is 1.